The van der Waals surface area contributed by atoms with Crippen LogP contribution >= 0.6 is 11.3 Å². The number of nitrogens with zero attached hydrogens (tertiary/aromatic N) is 3. The predicted molar refractivity (Wildman–Crippen MR) is 115 cm³/mol. The minimum atomic E-state index is 0.159. The van der Waals surface area contributed by atoms with E-state index in [1.54, 1.807) is 11.3 Å². The lowest BCUT2D eigenvalue weighted by Crippen LogP contribution is -2.43. The Morgan fingerprint density at radius 3 is 2.75 bits per heavy atom. The minimum Gasteiger partial charge on any atom is -0.379 e. The summed E-state index contributed by atoms with van der Waals surface area (Å²) in [4.78, 5) is 19.1. The third-order valence-electron chi connectivity index (χ3n) is 5.31. The van der Waals surface area contributed by atoms with E-state index in [2.05, 4.69) is 38.8 Å². The molecule has 1 fully saturated rings. The van der Waals surface area contributed by atoms with Crippen LogP contribution in [0.3, 0.4) is 0 Å². The molecule has 0 saturated carbocycles. The Morgan fingerprint density at radius 1 is 1.14 bits per heavy atom. The normalized spacial score (nSPS) is 15.0. The number of hydrogen-bond donors (Lipinski definition) is 0. The summed E-state index contributed by atoms with van der Waals surface area (Å²) in [5.74, 6) is 0.159. The Labute approximate surface area is 172 Å². The number of rotatable bonds is 11. The summed E-state index contributed by atoms with van der Waals surface area (Å²) in [5.41, 5.74) is 0.797. The van der Waals surface area contributed by atoms with Gasteiger partial charge in [-0.3, -0.25) is 9.69 Å². The van der Waals surface area contributed by atoms with Crippen molar-refractivity contribution in [3.8, 4) is 0 Å². The van der Waals surface area contributed by atoms with Crippen molar-refractivity contribution < 1.29 is 9.53 Å². The number of ether oxygens (including phenoxy) is 1. The van der Waals surface area contributed by atoms with Gasteiger partial charge in [0.1, 0.15) is 5.69 Å². The Balaban J connectivity index is 1.63. The number of aromatic nitrogens is 1. The molecule has 154 valence electrons. The summed E-state index contributed by atoms with van der Waals surface area (Å²) in [6.07, 6.45) is 6.73. The molecular weight excluding hydrogens is 370 g/mol. The van der Waals surface area contributed by atoms with Gasteiger partial charge in [0.05, 0.1) is 19.8 Å². The fourth-order valence-electron chi connectivity index (χ4n) is 3.61. The van der Waals surface area contributed by atoms with E-state index >= 15 is 0 Å². The molecule has 0 unspecified atom stereocenters. The van der Waals surface area contributed by atoms with Crippen LogP contribution in [-0.2, 0) is 11.3 Å². The Kier molecular flexibility index (Phi) is 8.58. The standard InChI is InChI=1S/C22H33N3O2S/c1-2-3-4-5-10-24(13-12-23-14-16-27-17-15-23)22(26)21-9-6-11-25(21)19-20-8-7-18-28-20/h6-9,11,18H,2-5,10,12-17,19H2,1H3. The lowest BCUT2D eigenvalue weighted by molar-refractivity contribution is 0.0323. The van der Waals surface area contributed by atoms with Gasteiger partial charge < -0.3 is 14.2 Å². The molecule has 28 heavy (non-hydrogen) atoms. The Hall–Kier alpha value is -1.63. The first-order valence-corrected chi connectivity index (χ1v) is 11.4. The highest BCUT2D eigenvalue weighted by atomic mass is 32.1. The number of amides is 1. The topological polar surface area (TPSA) is 37.7 Å². The predicted octanol–water partition coefficient (Wildman–Crippen LogP) is 3.95. The zero-order valence-electron chi connectivity index (χ0n) is 17.0. The molecule has 2 aromatic rings. The molecule has 2 aromatic heterocycles. The second-order valence-electron chi connectivity index (χ2n) is 7.41. The maximum Gasteiger partial charge on any atom is 0.270 e. The molecule has 0 bridgehead atoms. The number of thiophene rings is 1. The van der Waals surface area contributed by atoms with Crippen LogP contribution < -0.4 is 0 Å². The Bertz CT molecular complexity index is 692. The molecular formula is C22H33N3O2S. The molecule has 0 aromatic carbocycles. The molecule has 6 heteroatoms. The SMILES string of the molecule is CCCCCCN(CCN1CCOCC1)C(=O)c1cccn1Cc1cccs1. The maximum absolute atomic E-state index is 13.4. The highest BCUT2D eigenvalue weighted by Gasteiger charge is 2.20. The zero-order valence-corrected chi connectivity index (χ0v) is 17.8. The van der Waals surface area contributed by atoms with Gasteiger partial charge in [-0.1, -0.05) is 32.3 Å². The molecule has 1 saturated heterocycles. The van der Waals surface area contributed by atoms with Crippen LogP contribution in [0.1, 0.15) is 48.0 Å². The quantitative estimate of drug-likeness (QED) is 0.533. The Morgan fingerprint density at radius 2 is 2.00 bits per heavy atom. The molecule has 0 spiro atoms. The second kappa shape index (κ2) is 11.4. The summed E-state index contributed by atoms with van der Waals surface area (Å²) >= 11 is 1.73. The molecule has 1 aliphatic rings. The summed E-state index contributed by atoms with van der Waals surface area (Å²) < 4.78 is 7.53. The van der Waals surface area contributed by atoms with Crippen molar-refractivity contribution in [1.82, 2.24) is 14.4 Å². The first-order chi connectivity index (χ1) is 13.8. The van der Waals surface area contributed by atoms with Gasteiger partial charge >= 0.3 is 0 Å². The molecule has 0 atom stereocenters. The van der Waals surface area contributed by atoms with Gasteiger partial charge in [0.25, 0.3) is 5.91 Å². The molecule has 0 N–H and O–H groups in total. The van der Waals surface area contributed by atoms with E-state index in [1.165, 1.54) is 24.1 Å². The van der Waals surface area contributed by atoms with Gasteiger partial charge in [0.2, 0.25) is 0 Å². The number of hydrogen-bond acceptors (Lipinski definition) is 4. The van der Waals surface area contributed by atoms with E-state index in [4.69, 9.17) is 4.74 Å². The van der Waals surface area contributed by atoms with Gasteiger partial charge in [0.15, 0.2) is 0 Å². The molecule has 5 nitrogen and oxygen atoms in total. The van der Waals surface area contributed by atoms with E-state index in [-0.39, 0.29) is 5.91 Å². The van der Waals surface area contributed by atoms with Gasteiger partial charge in [-0.15, -0.1) is 11.3 Å². The average molecular weight is 404 g/mol. The molecule has 3 rings (SSSR count). The van der Waals surface area contributed by atoms with Crippen LogP contribution in [-0.4, -0.2) is 66.2 Å². The summed E-state index contributed by atoms with van der Waals surface area (Å²) in [6, 6.07) is 8.13. The first kappa shape index (κ1) is 21.1. The zero-order chi connectivity index (χ0) is 19.6. The van der Waals surface area contributed by atoms with Crippen molar-refractivity contribution in [2.75, 3.05) is 45.9 Å². The number of morpholine rings is 1. The van der Waals surface area contributed by atoms with Crippen molar-refractivity contribution in [3.63, 3.8) is 0 Å². The lowest BCUT2D eigenvalue weighted by atomic mass is 10.2. The molecule has 3 heterocycles. The van der Waals surface area contributed by atoms with E-state index < -0.39 is 0 Å². The summed E-state index contributed by atoms with van der Waals surface area (Å²) in [6.45, 7) is 9.07. The van der Waals surface area contributed by atoms with E-state index in [1.807, 2.05) is 18.3 Å². The first-order valence-electron chi connectivity index (χ1n) is 10.5. The summed E-state index contributed by atoms with van der Waals surface area (Å²) in [5, 5.41) is 2.09. The third kappa shape index (κ3) is 6.19. The largest absolute Gasteiger partial charge is 0.379 e. The van der Waals surface area contributed by atoms with Crippen molar-refractivity contribution in [1.29, 1.82) is 0 Å². The average Bonchev–Trinajstić information content (AvgIpc) is 3.40. The fourth-order valence-corrected chi connectivity index (χ4v) is 4.31. The van der Waals surface area contributed by atoms with E-state index in [0.717, 1.165) is 64.6 Å². The fraction of sp³-hybridized carbons (Fsp3) is 0.591. The monoisotopic (exact) mass is 403 g/mol. The number of carbonyl (C=O) groups is 1. The van der Waals surface area contributed by atoms with Crippen LogP contribution in [0.2, 0.25) is 0 Å². The van der Waals surface area contributed by atoms with Crippen LogP contribution in [0.5, 0.6) is 0 Å². The van der Waals surface area contributed by atoms with Crippen molar-refractivity contribution in [2.24, 2.45) is 0 Å². The molecule has 0 aliphatic carbocycles. The van der Waals surface area contributed by atoms with Crippen LogP contribution in [0.15, 0.2) is 35.8 Å². The van der Waals surface area contributed by atoms with Crippen molar-refractivity contribution >= 4 is 17.2 Å². The van der Waals surface area contributed by atoms with Crippen molar-refractivity contribution in [3.05, 3.63) is 46.4 Å². The van der Waals surface area contributed by atoms with E-state index in [9.17, 15) is 4.79 Å². The maximum atomic E-state index is 13.4. The second-order valence-corrected chi connectivity index (χ2v) is 8.44. The highest BCUT2D eigenvalue weighted by molar-refractivity contribution is 7.09. The summed E-state index contributed by atoms with van der Waals surface area (Å²) in [7, 11) is 0. The van der Waals surface area contributed by atoms with Gasteiger partial charge in [-0.05, 0) is 30.0 Å². The lowest BCUT2D eigenvalue weighted by Gasteiger charge is -2.30. The third-order valence-corrected chi connectivity index (χ3v) is 6.17. The van der Waals surface area contributed by atoms with Gasteiger partial charge in [-0.2, -0.15) is 0 Å². The van der Waals surface area contributed by atoms with Crippen LogP contribution in [0, 0.1) is 0 Å². The molecule has 0 radical (unpaired) electrons. The van der Waals surface area contributed by atoms with Gasteiger partial charge in [-0.25, -0.2) is 0 Å². The highest BCUT2D eigenvalue weighted by Crippen LogP contribution is 2.15. The van der Waals surface area contributed by atoms with E-state index in [0.29, 0.717) is 0 Å². The van der Waals surface area contributed by atoms with Crippen LogP contribution in [0.4, 0.5) is 0 Å². The number of carbonyl (C=O) groups excluding carboxylic acids is 1. The smallest absolute Gasteiger partial charge is 0.270 e. The minimum absolute atomic E-state index is 0.159. The van der Waals surface area contributed by atoms with Gasteiger partial charge in [0, 0.05) is 43.8 Å². The molecule has 1 aliphatic heterocycles. The molecule has 1 amide bonds. The number of unbranched alkanes of at least 4 members (excludes halogenated alkanes) is 3. The van der Waals surface area contributed by atoms with Crippen molar-refractivity contribution in [2.45, 2.75) is 39.2 Å². The van der Waals surface area contributed by atoms with Crippen LogP contribution in [0.25, 0.3) is 0 Å².